The molecule has 0 bridgehead atoms. The van der Waals surface area contributed by atoms with Gasteiger partial charge in [0.1, 0.15) is 0 Å². The van der Waals surface area contributed by atoms with Gasteiger partial charge >= 0.3 is 0 Å². The first kappa shape index (κ1) is 9.15. The van der Waals surface area contributed by atoms with E-state index in [1.54, 1.807) is 18.2 Å². The summed E-state index contributed by atoms with van der Waals surface area (Å²) in [4.78, 5) is 0. The number of benzene rings is 1. The van der Waals surface area contributed by atoms with Crippen LogP contribution in [0.2, 0.25) is 0 Å². The lowest BCUT2D eigenvalue weighted by Gasteiger charge is -2.21. The Bertz CT molecular complexity index is 242. The molecular formula is C8H9O4. The second-order valence-corrected chi connectivity index (χ2v) is 2.36. The summed E-state index contributed by atoms with van der Waals surface area (Å²) < 4.78 is 0. The molecule has 12 heavy (non-hydrogen) atoms. The molecule has 0 amide bonds. The third-order valence-electron chi connectivity index (χ3n) is 1.49. The second kappa shape index (κ2) is 3.20. The van der Waals surface area contributed by atoms with Crippen molar-refractivity contribution in [3.8, 4) is 0 Å². The lowest BCUT2D eigenvalue weighted by molar-refractivity contribution is -0.236. The summed E-state index contributed by atoms with van der Waals surface area (Å²) in [5.74, 6) is -2.68. The lowest BCUT2D eigenvalue weighted by atomic mass is 10.1. The van der Waals surface area contributed by atoms with E-state index in [2.05, 4.69) is 0 Å². The molecule has 0 aromatic heterocycles. The van der Waals surface area contributed by atoms with Crippen LogP contribution < -0.4 is 0 Å². The van der Waals surface area contributed by atoms with Crippen LogP contribution in [0.4, 0.5) is 0 Å². The van der Waals surface area contributed by atoms with Crippen LogP contribution in [0.25, 0.3) is 0 Å². The van der Waals surface area contributed by atoms with Crippen LogP contribution in [-0.4, -0.2) is 20.4 Å². The molecular weight excluding hydrogens is 160 g/mol. The fraction of sp³-hybridized carbons (Fsp3) is 0.125. The minimum atomic E-state index is -2.68. The van der Waals surface area contributed by atoms with Crippen LogP contribution in [0, 0.1) is 6.29 Å². The molecule has 0 spiro atoms. The lowest BCUT2D eigenvalue weighted by Crippen LogP contribution is -2.32. The fourth-order valence-corrected chi connectivity index (χ4v) is 0.800. The van der Waals surface area contributed by atoms with Gasteiger partial charge in [0.25, 0.3) is 12.1 Å². The molecule has 1 aromatic rings. The van der Waals surface area contributed by atoms with Crippen LogP contribution in [0.15, 0.2) is 30.3 Å². The topological polar surface area (TPSA) is 80.9 Å². The first-order chi connectivity index (χ1) is 5.55. The van der Waals surface area contributed by atoms with Crippen molar-refractivity contribution in [2.24, 2.45) is 0 Å². The number of aliphatic hydroxyl groups excluding tert-OH is 1. The monoisotopic (exact) mass is 169 g/mol. The molecule has 0 fully saturated rings. The van der Waals surface area contributed by atoms with Crippen molar-refractivity contribution in [3.05, 3.63) is 42.2 Å². The third kappa shape index (κ3) is 1.62. The minimum absolute atomic E-state index is 0.00463. The highest BCUT2D eigenvalue weighted by Crippen LogP contribution is 2.23. The third-order valence-corrected chi connectivity index (χ3v) is 1.49. The summed E-state index contributed by atoms with van der Waals surface area (Å²) in [5.41, 5.74) is 0.00463. The van der Waals surface area contributed by atoms with E-state index in [4.69, 9.17) is 20.4 Å². The molecule has 4 heteroatoms. The molecule has 1 radical (unpaired) electrons. The molecule has 4 nitrogen and oxygen atoms in total. The molecule has 1 aromatic carbocycles. The Balaban J connectivity index is 2.98. The van der Waals surface area contributed by atoms with Crippen molar-refractivity contribution in [3.63, 3.8) is 0 Å². The van der Waals surface area contributed by atoms with Crippen molar-refractivity contribution < 1.29 is 20.4 Å². The Labute approximate surface area is 69.3 Å². The molecule has 65 valence electrons. The summed E-state index contributed by atoms with van der Waals surface area (Å²) in [6.45, 7) is 0. The predicted octanol–water partition coefficient (Wildman–Crippen LogP) is 0.0585. The van der Waals surface area contributed by atoms with E-state index >= 15 is 0 Å². The maximum atomic E-state index is 9.08. The van der Waals surface area contributed by atoms with Gasteiger partial charge in [-0.1, -0.05) is 30.3 Å². The van der Waals surface area contributed by atoms with E-state index in [9.17, 15) is 0 Å². The quantitative estimate of drug-likeness (QED) is 0.472. The molecule has 0 aliphatic heterocycles. The molecule has 0 aliphatic rings. The highest BCUT2D eigenvalue weighted by molar-refractivity contribution is 5.22. The van der Waals surface area contributed by atoms with E-state index in [0.29, 0.717) is 0 Å². The van der Waals surface area contributed by atoms with Crippen molar-refractivity contribution in [2.45, 2.75) is 5.79 Å². The van der Waals surface area contributed by atoms with Crippen molar-refractivity contribution in [1.29, 1.82) is 0 Å². The van der Waals surface area contributed by atoms with Crippen molar-refractivity contribution in [2.75, 3.05) is 0 Å². The van der Waals surface area contributed by atoms with E-state index in [1.807, 2.05) is 0 Å². The van der Waals surface area contributed by atoms with E-state index in [-0.39, 0.29) is 5.56 Å². The Hall–Kier alpha value is -0.940. The second-order valence-electron chi connectivity index (χ2n) is 2.36. The fourth-order valence-electron chi connectivity index (χ4n) is 0.800. The molecule has 4 N–H and O–H groups in total. The van der Waals surface area contributed by atoms with Gasteiger partial charge < -0.3 is 20.4 Å². The first-order valence-corrected chi connectivity index (χ1v) is 3.31. The number of aliphatic hydroxyl groups is 4. The van der Waals surface area contributed by atoms with Crippen LogP contribution in [0.3, 0.4) is 0 Å². The molecule has 0 heterocycles. The first-order valence-electron chi connectivity index (χ1n) is 3.31. The largest absolute Gasteiger partial charge is 0.358 e. The normalized spacial score (nSPS) is 12.1. The molecule has 1 rings (SSSR count). The molecule has 0 aliphatic carbocycles. The summed E-state index contributed by atoms with van der Waals surface area (Å²) in [5, 5.41) is 35.2. The van der Waals surface area contributed by atoms with Crippen LogP contribution in [0.1, 0.15) is 5.56 Å². The Morgan fingerprint density at radius 1 is 1.00 bits per heavy atom. The highest BCUT2D eigenvalue weighted by Gasteiger charge is 2.35. The van der Waals surface area contributed by atoms with Crippen LogP contribution in [0.5, 0.6) is 0 Å². The molecule has 0 atom stereocenters. The zero-order chi connectivity index (χ0) is 9.19. The predicted molar refractivity (Wildman–Crippen MR) is 39.7 cm³/mol. The number of rotatable bonds is 2. The van der Waals surface area contributed by atoms with Gasteiger partial charge in [-0.05, 0) is 0 Å². The van der Waals surface area contributed by atoms with Gasteiger partial charge in [-0.3, -0.25) is 0 Å². The highest BCUT2D eigenvalue weighted by atomic mass is 16.6. The van der Waals surface area contributed by atoms with E-state index < -0.39 is 12.1 Å². The number of hydrogen-bond donors (Lipinski definition) is 4. The van der Waals surface area contributed by atoms with E-state index in [1.165, 1.54) is 12.1 Å². The summed E-state index contributed by atoms with van der Waals surface area (Å²) in [6.07, 6.45) is -1.44. The van der Waals surface area contributed by atoms with Crippen LogP contribution in [-0.2, 0) is 5.79 Å². The van der Waals surface area contributed by atoms with Gasteiger partial charge in [-0.25, -0.2) is 0 Å². The SMILES string of the molecule is O[C](O)C(O)(O)c1ccccc1. The minimum Gasteiger partial charge on any atom is -0.358 e. The van der Waals surface area contributed by atoms with Crippen molar-refractivity contribution >= 4 is 0 Å². The zero-order valence-electron chi connectivity index (χ0n) is 6.18. The summed E-state index contributed by atoms with van der Waals surface area (Å²) in [7, 11) is 0. The standard InChI is InChI=1S/C8H9O4/c9-7(10)8(11,12)6-4-2-1-3-5-6/h1-5,9-12H. The van der Waals surface area contributed by atoms with Gasteiger partial charge in [0.2, 0.25) is 0 Å². The Morgan fingerprint density at radius 3 is 1.92 bits per heavy atom. The number of hydrogen-bond acceptors (Lipinski definition) is 4. The Morgan fingerprint density at radius 2 is 1.50 bits per heavy atom. The Kier molecular flexibility index (Phi) is 2.44. The smallest absolute Gasteiger partial charge is 0.285 e. The van der Waals surface area contributed by atoms with Gasteiger partial charge in [0, 0.05) is 5.56 Å². The van der Waals surface area contributed by atoms with Gasteiger partial charge in [0.05, 0.1) is 0 Å². The van der Waals surface area contributed by atoms with Gasteiger partial charge in [-0.2, -0.15) is 0 Å². The van der Waals surface area contributed by atoms with Gasteiger partial charge in [0.15, 0.2) is 0 Å². The van der Waals surface area contributed by atoms with Crippen molar-refractivity contribution in [1.82, 2.24) is 0 Å². The summed E-state index contributed by atoms with van der Waals surface area (Å²) in [6, 6.07) is 7.52. The average Bonchev–Trinajstić information content (AvgIpc) is 2.06. The van der Waals surface area contributed by atoms with E-state index in [0.717, 1.165) is 0 Å². The van der Waals surface area contributed by atoms with Crippen LogP contribution >= 0.6 is 0 Å². The molecule has 0 unspecified atom stereocenters. The molecule has 0 saturated carbocycles. The maximum Gasteiger partial charge on any atom is 0.285 e. The van der Waals surface area contributed by atoms with Gasteiger partial charge in [-0.15, -0.1) is 0 Å². The maximum absolute atomic E-state index is 9.08. The summed E-state index contributed by atoms with van der Waals surface area (Å²) >= 11 is 0. The zero-order valence-corrected chi connectivity index (χ0v) is 6.18. The average molecular weight is 169 g/mol. The molecule has 0 saturated heterocycles.